The van der Waals surface area contributed by atoms with Crippen LogP contribution >= 0.6 is 39.5 Å². The third-order valence-corrected chi connectivity index (χ3v) is 7.15. The van der Waals surface area contributed by atoms with E-state index < -0.39 is 0 Å². The van der Waals surface area contributed by atoms with Gasteiger partial charge in [0.05, 0.1) is 6.10 Å². The second-order valence-electron chi connectivity index (χ2n) is 4.55. The number of aliphatic hydroxyl groups is 1. The summed E-state index contributed by atoms with van der Waals surface area (Å²) in [7, 11) is 0. The molecule has 1 aliphatic heterocycles. The molecule has 1 aliphatic rings. The summed E-state index contributed by atoms with van der Waals surface area (Å²) in [6.07, 6.45) is 1.69. The molecule has 1 aromatic carbocycles. The first kappa shape index (κ1) is 14.8. The Hall–Kier alpha value is 0.360. The average Bonchev–Trinajstić information content (AvgIpc) is 2.41. The predicted molar refractivity (Wildman–Crippen MR) is 86.6 cm³/mol. The number of rotatable bonds is 4. The summed E-state index contributed by atoms with van der Waals surface area (Å²) in [5.41, 5.74) is 1.22. The van der Waals surface area contributed by atoms with Gasteiger partial charge in [-0.15, -0.1) is 0 Å². The van der Waals surface area contributed by atoms with Crippen LogP contribution in [0.1, 0.15) is 18.9 Å². The van der Waals surface area contributed by atoms with Gasteiger partial charge in [0.15, 0.2) is 0 Å². The fraction of sp³-hybridized carbons (Fsp3) is 0.571. The minimum atomic E-state index is -0.228. The molecule has 0 aromatic heterocycles. The number of hydrogen-bond donors (Lipinski definition) is 1. The maximum atomic E-state index is 10.5. The third kappa shape index (κ3) is 3.92. The van der Waals surface area contributed by atoms with Gasteiger partial charge >= 0.3 is 0 Å². The molecule has 2 rings (SSSR count). The number of benzene rings is 1. The molecule has 100 valence electrons. The van der Waals surface area contributed by atoms with Crippen molar-refractivity contribution >= 4 is 39.5 Å². The van der Waals surface area contributed by atoms with Crippen LogP contribution in [-0.4, -0.2) is 33.2 Å². The van der Waals surface area contributed by atoms with Gasteiger partial charge in [0.1, 0.15) is 0 Å². The van der Waals surface area contributed by atoms with Crippen LogP contribution in [-0.2, 0) is 6.42 Å². The normalized spacial score (nSPS) is 25.9. The number of aliphatic hydroxyl groups excluding tert-OH is 1. The fourth-order valence-corrected chi connectivity index (χ4v) is 5.69. The summed E-state index contributed by atoms with van der Waals surface area (Å²) in [6.45, 7) is 2.23. The molecule has 0 saturated carbocycles. The maximum absolute atomic E-state index is 10.5. The van der Waals surface area contributed by atoms with Crippen molar-refractivity contribution in [2.75, 3.05) is 11.5 Å². The van der Waals surface area contributed by atoms with Crippen LogP contribution in [0.3, 0.4) is 0 Å². The van der Waals surface area contributed by atoms with Gasteiger partial charge in [-0.05, 0) is 30.5 Å². The molecule has 0 amide bonds. The lowest BCUT2D eigenvalue weighted by molar-refractivity contribution is 0.169. The first-order chi connectivity index (χ1) is 8.70. The molecular weight excluding hydrogens is 328 g/mol. The molecule has 1 fully saturated rings. The minimum absolute atomic E-state index is 0.228. The number of thioether (sulfide) groups is 2. The van der Waals surface area contributed by atoms with E-state index >= 15 is 0 Å². The molecule has 0 aliphatic carbocycles. The number of halogens is 1. The van der Waals surface area contributed by atoms with Gasteiger partial charge in [-0.2, -0.15) is 23.5 Å². The van der Waals surface area contributed by atoms with E-state index in [1.807, 2.05) is 35.7 Å². The third-order valence-electron chi connectivity index (χ3n) is 3.23. The summed E-state index contributed by atoms with van der Waals surface area (Å²) in [5, 5.41) is 11.4. The molecule has 3 unspecified atom stereocenters. The lowest BCUT2D eigenvalue weighted by Crippen LogP contribution is -2.37. The zero-order chi connectivity index (χ0) is 13.0. The molecule has 4 heteroatoms. The molecule has 0 bridgehead atoms. The molecule has 0 spiro atoms. The molecule has 1 N–H and O–H groups in total. The van der Waals surface area contributed by atoms with E-state index in [2.05, 4.69) is 35.0 Å². The van der Waals surface area contributed by atoms with E-state index in [9.17, 15) is 5.11 Å². The van der Waals surface area contributed by atoms with Crippen LogP contribution in [0.4, 0.5) is 0 Å². The molecule has 1 heterocycles. The Labute approximate surface area is 126 Å². The lowest BCUT2D eigenvalue weighted by atomic mass is 10.0. The monoisotopic (exact) mass is 346 g/mol. The highest BCUT2D eigenvalue weighted by Gasteiger charge is 2.30. The zero-order valence-electron chi connectivity index (χ0n) is 10.5. The molecule has 18 heavy (non-hydrogen) atoms. The summed E-state index contributed by atoms with van der Waals surface area (Å²) in [4.78, 5) is 0. The second-order valence-corrected chi connectivity index (χ2v) is 8.10. The largest absolute Gasteiger partial charge is 0.392 e. The van der Waals surface area contributed by atoms with Crippen LogP contribution in [0.2, 0.25) is 0 Å². The molecule has 0 radical (unpaired) electrons. The van der Waals surface area contributed by atoms with Gasteiger partial charge in [-0.3, -0.25) is 0 Å². The second kappa shape index (κ2) is 7.22. The van der Waals surface area contributed by atoms with Crippen LogP contribution in [0.25, 0.3) is 0 Å². The van der Waals surface area contributed by atoms with Gasteiger partial charge in [0, 0.05) is 26.5 Å². The van der Waals surface area contributed by atoms with Gasteiger partial charge in [0.25, 0.3) is 0 Å². The molecule has 1 aromatic rings. The summed E-state index contributed by atoms with van der Waals surface area (Å²) in [5.74, 6) is 2.40. The highest BCUT2D eigenvalue weighted by atomic mass is 79.9. The van der Waals surface area contributed by atoms with Crippen molar-refractivity contribution in [3.05, 3.63) is 34.3 Å². The molecule has 1 saturated heterocycles. The minimum Gasteiger partial charge on any atom is -0.392 e. The van der Waals surface area contributed by atoms with E-state index in [-0.39, 0.29) is 6.10 Å². The Morgan fingerprint density at radius 3 is 2.61 bits per heavy atom. The van der Waals surface area contributed by atoms with Crippen LogP contribution in [0.15, 0.2) is 28.7 Å². The number of hydrogen-bond acceptors (Lipinski definition) is 3. The Balaban J connectivity index is 1.97. The van der Waals surface area contributed by atoms with Crippen LogP contribution in [0, 0.1) is 0 Å². The van der Waals surface area contributed by atoms with Crippen molar-refractivity contribution in [2.24, 2.45) is 0 Å². The Morgan fingerprint density at radius 1 is 1.28 bits per heavy atom. The van der Waals surface area contributed by atoms with Crippen molar-refractivity contribution < 1.29 is 5.11 Å². The smallest absolute Gasteiger partial charge is 0.0709 e. The maximum Gasteiger partial charge on any atom is 0.0709 e. The van der Waals surface area contributed by atoms with Gasteiger partial charge < -0.3 is 5.11 Å². The Bertz CT molecular complexity index is 369. The van der Waals surface area contributed by atoms with E-state index in [0.717, 1.165) is 17.3 Å². The van der Waals surface area contributed by atoms with E-state index in [1.165, 1.54) is 17.1 Å². The molecular formula is C14H19BrOS2. The SMILES string of the molecule is CCC1SCCSC1C(O)Cc1ccc(Br)cc1. The van der Waals surface area contributed by atoms with Crippen molar-refractivity contribution in [1.82, 2.24) is 0 Å². The van der Waals surface area contributed by atoms with E-state index in [1.54, 1.807) is 0 Å². The topological polar surface area (TPSA) is 20.2 Å². The standard InChI is InChI=1S/C14H19BrOS2/c1-2-13-14(18-8-7-17-13)12(16)9-10-3-5-11(15)6-4-10/h3-6,12-14,16H,2,7-9H2,1H3. The van der Waals surface area contributed by atoms with Crippen molar-refractivity contribution in [1.29, 1.82) is 0 Å². The van der Waals surface area contributed by atoms with Crippen molar-refractivity contribution in [3.63, 3.8) is 0 Å². The molecule has 3 atom stereocenters. The van der Waals surface area contributed by atoms with Crippen LogP contribution < -0.4 is 0 Å². The molecule has 1 nitrogen and oxygen atoms in total. The first-order valence-electron chi connectivity index (χ1n) is 6.36. The highest BCUT2D eigenvalue weighted by molar-refractivity contribution is 9.10. The van der Waals surface area contributed by atoms with Crippen molar-refractivity contribution in [3.8, 4) is 0 Å². The van der Waals surface area contributed by atoms with E-state index in [4.69, 9.17) is 0 Å². The van der Waals surface area contributed by atoms with Crippen molar-refractivity contribution in [2.45, 2.75) is 36.4 Å². The summed E-state index contributed by atoms with van der Waals surface area (Å²) < 4.78 is 1.09. The quantitative estimate of drug-likeness (QED) is 0.890. The van der Waals surface area contributed by atoms with Gasteiger partial charge in [-0.1, -0.05) is 35.0 Å². The predicted octanol–water partition coefficient (Wildman–Crippen LogP) is 3.98. The Kier molecular flexibility index (Phi) is 5.93. The average molecular weight is 347 g/mol. The first-order valence-corrected chi connectivity index (χ1v) is 9.25. The van der Waals surface area contributed by atoms with Gasteiger partial charge in [0.2, 0.25) is 0 Å². The Morgan fingerprint density at radius 2 is 1.94 bits per heavy atom. The summed E-state index contributed by atoms with van der Waals surface area (Å²) >= 11 is 7.41. The highest BCUT2D eigenvalue weighted by Crippen LogP contribution is 2.36. The lowest BCUT2D eigenvalue weighted by Gasteiger charge is -2.33. The summed E-state index contributed by atoms with van der Waals surface area (Å²) in [6, 6.07) is 8.27. The fourth-order valence-electron chi connectivity index (χ4n) is 2.27. The zero-order valence-corrected chi connectivity index (χ0v) is 13.7. The van der Waals surface area contributed by atoms with Crippen LogP contribution in [0.5, 0.6) is 0 Å². The van der Waals surface area contributed by atoms with Gasteiger partial charge in [-0.25, -0.2) is 0 Å². The van der Waals surface area contributed by atoms with E-state index in [0.29, 0.717) is 10.5 Å².